The Morgan fingerprint density at radius 2 is 2.25 bits per heavy atom. The van der Waals surface area contributed by atoms with Crippen molar-refractivity contribution in [2.75, 3.05) is 6.61 Å². The molecule has 1 heterocycles. The monoisotopic (exact) mass is 228 g/mol. The fourth-order valence-corrected chi connectivity index (χ4v) is 1.02. The maximum Gasteiger partial charge on any atom is 0.328 e. The van der Waals surface area contributed by atoms with E-state index >= 15 is 0 Å². The molecule has 1 aromatic rings. The van der Waals surface area contributed by atoms with Gasteiger partial charge in [0.15, 0.2) is 0 Å². The van der Waals surface area contributed by atoms with E-state index in [2.05, 4.69) is 15.4 Å². The number of rotatable bonds is 5. The van der Waals surface area contributed by atoms with E-state index < -0.39 is 30.6 Å². The summed E-state index contributed by atoms with van der Waals surface area (Å²) in [4.78, 5) is 25.8. The summed E-state index contributed by atoms with van der Waals surface area (Å²) in [7, 11) is 0. The van der Waals surface area contributed by atoms with Crippen LogP contribution in [0, 0.1) is 0 Å². The van der Waals surface area contributed by atoms with E-state index in [-0.39, 0.29) is 0 Å². The van der Waals surface area contributed by atoms with Gasteiger partial charge in [0.2, 0.25) is 5.91 Å². The number of carboxylic acid groups (broad SMARTS) is 1. The highest BCUT2D eigenvalue weighted by Crippen LogP contribution is 2.02. The maximum atomic E-state index is 11.5. The average molecular weight is 228 g/mol. The van der Waals surface area contributed by atoms with E-state index in [0.717, 1.165) is 0 Å². The summed E-state index contributed by atoms with van der Waals surface area (Å²) in [6, 6.07) is -1.99. The molecule has 0 aliphatic carbocycles. The number of nitrogens with one attached hydrogen (secondary N) is 1. The molecule has 1 aromatic heterocycles. The molecule has 0 aromatic carbocycles. The molecule has 1 unspecified atom stereocenters. The number of aromatic nitrogens is 3. The lowest BCUT2D eigenvalue weighted by molar-refractivity contribution is -0.143. The van der Waals surface area contributed by atoms with Crippen LogP contribution in [0.5, 0.6) is 0 Å². The summed E-state index contributed by atoms with van der Waals surface area (Å²) in [5, 5.41) is 23.3. The largest absolute Gasteiger partial charge is 0.480 e. The first-order chi connectivity index (χ1) is 7.56. The van der Waals surface area contributed by atoms with Gasteiger partial charge in [0.05, 0.1) is 6.61 Å². The molecule has 8 heteroatoms. The molecule has 16 heavy (non-hydrogen) atoms. The van der Waals surface area contributed by atoms with E-state index in [9.17, 15) is 9.59 Å². The second-order valence-electron chi connectivity index (χ2n) is 3.13. The van der Waals surface area contributed by atoms with Crippen LogP contribution in [0.25, 0.3) is 0 Å². The van der Waals surface area contributed by atoms with Crippen LogP contribution in [-0.4, -0.2) is 49.5 Å². The number of hydrogen-bond donors (Lipinski definition) is 3. The molecule has 0 aliphatic rings. The van der Waals surface area contributed by atoms with Crippen molar-refractivity contribution in [2.45, 2.75) is 19.0 Å². The molecule has 0 radical (unpaired) electrons. The number of carboxylic acids is 1. The number of carbonyl (C=O) groups excluding carboxylic acids is 1. The molecule has 0 saturated carbocycles. The zero-order chi connectivity index (χ0) is 12.1. The third kappa shape index (κ3) is 2.76. The summed E-state index contributed by atoms with van der Waals surface area (Å²) >= 11 is 0. The lowest BCUT2D eigenvalue weighted by atomic mass is 10.2. The number of hydrogen-bond acceptors (Lipinski definition) is 5. The topological polar surface area (TPSA) is 117 Å². The van der Waals surface area contributed by atoms with Crippen molar-refractivity contribution >= 4 is 11.9 Å². The Kier molecular flexibility index (Phi) is 3.95. The van der Waals surface area contributed by atoms with E-state index in [1.165, 1.54) is 17.3 Å². The first-order valence-corrected chi connectivity index (χ1v) is 4.54. The number of nitrogens with zero attached hydrogens (tertiary/aromatic N) is 3. The zero-order valence-electron chi connectivity index (χ0n) is 8.57. The Morgan fingerprint density at radius 1 is 1.56 bits per heavy atom. The predicted molar refractivity (Wildman–Crippen MR) is 51.4 cm³/mol. The van der Waals surface area contributed by atoms with E-state index in [1.54, 1.807) is 6.92 Å². The lowest BCUT2D eigenvalue weighted by Gasteiger charge is -2.15. The third-order valence-electron chi connectivity index (χ3n) is 2.01. The number of amides is 1. The normalized spacial score (nSPS) is 14.1. The minimum atomic E-state index is -1.31. The fraction of sp³-hybridized carbons (Fsp3) is 0.500. The molecule has 0 aliphatic heterocycles. The van der Waals surface area contributed by atoms with Crippen LogP contribution < -0.4 is 5.32 Å². The van der Waals surface area contributed by atoms with Crippen LogP contribution in [-0.2, 0) is 9.59 Å². The molecule has 1 amide bonds. The lowest BCUT2D eigenvalue weighted by Crippen LogP contribution is -2.45. The molecule has 1 rings (SSSR count). The minimum Gasteiger partial charge on any atom is -0.480 e. The Balaban J connectivity index is 2.61. The standard InChI is InChI=1S/C8H12N4O4/c1-5(12-4-9-3-10-12)7(14)11-6(2-13)8(15)16/h3-6,13H,2H2,1H3,(H,11,14)(H,15,16)/t5?,6-/m0/s1. The van der Waals surface area contributed by atoms with Crippen molar-refractivity contribution in [3.8, 4) is 0 Å². The van der Waals surface area contributed by atoms with E-state index in [0.29, 0.717) is 0 Å². The molecular weight excluding hydrogens is 216 g/mol. The fourth-order valence-electron chi connectivity index (χ4n) is 1.02. The second-order valence-corrected chi connectivity index (χ2v) is 3.13. The Morgan fingerprint density at radius 3 is 2.69 bits per heavy atom. The summed E-state index contributed by atoms with van der Waals surface area (Å²) in [6.45, 7) is 0.880. The first kappa shape index (κ1) is 12.1. The molecule has 0 spiro atoms. The highest BCUT2D eigenvalue weighted by atomic mass is 16.4. The number of aliphatic carboxylic acids is 1. The number of aliphatic hydroxyl groups excluding tert-OH is 1. The van der Waals surface area contributed by atoms with Gasteiger partial charge < -0.3 is 15.5 Å². The predicted octanol–water partition coefficient (Wildman–Crippen LogP) is -1.60. The van der Waals surface area contributed by atoms with Crippen molar-refractivity contribution in [1.29, 1.82) is 0 Å². The molecule has 88 valence electrons. The van der Waals surface area contributed by atoms with Gasteiger partial charge in [-0.15, -0.1) is 0 Å². The van der Waals surface area contributed by atoms with Gasteiger partial charge in [0, 0.05) is 0 Å². The Labute approximate surface area is 90.9 Å². The molecule has 3 N–H and O–H groups in total. The van der Waals surface area contributed by atoms with Crippen LogP contribution in [0.1, 0.15) is 13.0 Å². The molecule has 0 saturated heterocycles. The van der Waals surface area contributed by atoms with Gasteiger partial charge in [-0.1, -0.05) is 0 Å². The van der Waals surface area contributed by atoms with Crippen molar-refractivity contribution in [3.63, 3.8) is 0 Å². The molecule has 0 bridgehead atoms. The van der Waals surface area contributed by atoms with Crippen LogP contribution in [0.4, 0.5) is 0 Å². The quantitative estimate of drug-likeness (QED) is 0.558. The third-order valence-corrected chi connectivity index (χ3v) is 2.01. The van der Waals surface area contributed by atoms with Crippen molar-refractivity contribution in [1.82, 2.24) is 20.1 Å². The van der Waals surface area contributed by atoms with Gasteiger partial charge in [-0.25, -0.2) is 14.5 Å². The summed E-state index contributed by atoms with van der Waals surface area (Å²) < 4.78 is 1.28. The van der Waals surface area contributed by atoms with Crippen LogP contribution in [0.3, 0.4) is 0 Å². The smallest absolute Gasteiger partial charge is 0.328 e. The molecule has 8 nitrogen and oxygen atoms in total. The highest BCUT2D eigenvalue weighted by Gasteiger charge is 2.23. The molecule has 0 fully saturated rings. The summed E-state index contributed by atoms with van der Waals surface area (Å²) in [5.41, 5.74) is 0. The SMILES string of the molecule is CC(C(=O)N[C@@H](CO)C(=O)O)n1cncn1. The van der Waals surface area contributed by atoms with Gasteiger partial charge in [-0.2, -0.15) is 5.10 Å². The Bertz CT molecular complexity index is 364. The maximum absolute atomic E-state index is 11.5. The van der Waals surface area contributed by atoms with Crippen molar-refractivity contribution in [3.05, 3.63) is 12.7 Å². The van der Waals surface area contributed by atoms with Gasteiger partial charge in [0.1, 0.15) is 24.7 Å². The minimum absolute atomic E-state index is 0.549. The van der Waals surface area contributed by atoms with Gasteiger partial charge in [0.25, 0.3) is 0 Å². The van der Waals surface area contributed by atoms with Gasteiger partial charge in [-0.3, -0.25) is 4.79 Å². The second kappa shape index (κ2) is 5.21. The molecular formula is C8H12N4O4. The van der Waals surface area contributed by atoms with E-state index in [1.807, 2.05) is 0 Å². The zero-order valence-corrected chi connectivity index (χ0v) is 8.57. The van der Waals surface area contributed by atoms with Gasteiger partial charge in [-0.05, 0) is 6.92 Å². The van der Waals surface area contributed by atoms with Crippen molar-refractivity contribution < 1.29 is 19.8 Å². The number of aliphatic hydroxyl groups is 1. The van der Waals surface area contributed by atoms with Gasteiger partial charge >= 0.3 is 5.97 Å². The first-order valence-electron chi connectivity index (χ1n) is 4.54. The van der Waals surface area contributed by atoms with Crippen molar-refractivity contribution in [2.24, 2.45) is 0 Å². The average Bonchev–Trinajstić information content (AvgIpc) is 2.77. The van der Waals surface area contributed by atoms with Crippen LogP contribution in [0.15, 0.2) is 12.7 Å². The summed E-state index contributed by atoms with van der Waals surface area (Å²) in [5.74, 6) is -1.84. The van der Waals surface area contributed by atoms with Crippen LogP contribution in [0.2, 0.25) is 0 Å². The number of carbonyl (C=O) groups is 2. The van der Waals surface area contributed by atoms with Crippen LogP contribution >= 0.6 is 0 Å². The highest BCUT2D eigenvalue weighted by molar-refractivity contribution is 5.85. The summed E-state index contributed by atoms with van der Waals surface area (Å²) in [6.07, 6.45) is 2.61. The molecule has 2 atom stereocenters. The van der Waals surface area contributed by atoms with E-state index in [4.69, 9.17) is 10.2 Å². The Hall–Kier alpha value is -1.96.